The van der Waals surface area contributed by atoms with E-state index in [9.17, 15) is 9.59 Å². The molecule has 1 aliphatic heterocycles. The number of rotatable bonds is 10. The molecule has 1 heterocycles. The van der Waals surface area contributed by atoms with Crippen molar-refractivity contribution in [3.8, 4) is 0 Å². The van der Waals surface area contributed by atoms with Crippen molar-refractivity contribution in [2.75, 3.05) is 33.4 Å². The molecule has 0 saturated carbocycles. The van der Waals surface area contributed by atoms with E-state index in [0.717, 1.165) is 38.0 Å². The molecule has 35 heavy (non-hydrogen) atoms. The van der Waals surface area contributed by atoms with E-state index in [1.165, 1.54) is 23.3 Å². The van der Waals surface area contributed by atoms with Crippen LogP contribution in [0.25, 0.3) is 10.8 Å². The normalized spacial score (nSPS) is 14.8. The second-order valence-electron chi connectivity index (χ2n) is 9.22. The van der Waals surface area contributed by atoms with Crippen LogP contribution in [0.4, 0.5) is 0 Å². The van der Waals surface area contributed by atoms with Gasteiger partial charge in [0.2, 0.25) is 0 Å². The van der Waals surface area contributed by atoms with Crippen molar-refractivity contribution >= 4 is 22.5 Å². The van der Waals surface area contributed by atoms with Crippen LogP contribution < -0.4 is 5.32 Å². The van der Waals surface area contributed by atoms with Crippen molar-refractivity contribution in [1.29, 1.82) is 0 Å². The molecule has 184 valence electrons. The number of carbonyl (C=O) groups excluding carboxylic acids is 2. The Kier molecular flexibility index (Phi) is 8.64. The molecule has 0 aliphatic carbocycles. The van der Waals surface area contributed by atoms with E-state index in [2.05, 4.69) is 46.6 Å². The summed E-state index contributed by atoms with van der Waals surface area (Å²) in [6.07, 6.45) is 1.82. The summed E-state index contributed by atoms with van der Waals surface area (Å²) >= 11 is 0. The highest BCUT2D eigenvalue weighted by Crippen LogP contribution is 2.21. The molecule has 1 saturated heterocycles. The zero-order chi connectivity index (χ0) is 24.6. The minimum Gasteiger partial charge on any atom is -0.382 e. The van der Waals surface area contributed by atoms with Gasteiger partial charge in [0.05, 0.1) is 19.8 Å². The SMILES string of the molecule is COCCOCc1ccc2ccc(CN3CCC(NC(=O)c4cccc(C(C)=O)c4)CC3)cc2c1. The second kappa shape index (κ2) is 12.1. The van der Waals surface area contributed by atoms with E-state index in [-0.39, 0.29) is 17.7 Å². The molecule has 3 aromatic carbocycles. The molecular weight excluding hydrogens is 440 g/mol. The lowest BCUT2D eigenvalue weighted by Gasteiger charge is -2.32. The summed E-state index contributed by atoms with van der Waals surface area (Å²) in [6.45, 7) is 6.06. The third-order valence-corrected chi connectivity index (χ3v) is 6.53. The van der Waals surface area contributed by atoms with Gasteiger partial charge in [-0.1, -0.05) is 36.4 Å². The predicted molar refractivity (Wildman–Crippen MR) is 138 cm³/mol. The smallest absolute Gasteiger partial charge is 0.251 e. The Balaban J connectivity index is 1.29. The van der Waals surface area contributed by atoms with Crippen LogP contribution in [0.1, 0.15) is 51.6 Å². The van der Waals surface area contributed by atoms with Crippen LogP contribution in [-0.4, -0.2) is 56.0 Å². The van der Waals surface area contributed by atoms with Gasteiger partial charge in [-0.2, -0.15) is 0 Å². The predicted octanol–water partition coefficient (Wildman–Crippen LogP) is 4.60. The molecule has 1 N–H and O–H groups in total. The maximum absolute atomic E-state index is 12.7. The Labute approximate surface area is 207 Å². The lowest BCUT2D eigenvalue weighted by Crippen LogP contribution is -2.44. The zero-order valence-corrected chi connectivity index (χ0v) is 20.6. The van der Waals surface area contributed by atoms with Gasteiger partial charge in [0.15, 0.2) is 5.78 Å². The van der Waals surface area contributed by atoms with Gasteiger partial charge >= 0.3 is 0 Å². The largest absolute Gasteiger partial charge is 0.382 e. The highest BCUT2D eigenvalue weighted by molar-refractivity contribution is 5.99. The number of hydrogen-bond donors (Lipinski definition) is 1. The second-order valence-corrected chi connectivity index (χ2v) is 9.22. The first kappa shape index (κ1) is 25.0. The van der Waals surface area contributed by atoms with Crippen LogP contribution in [0.5, 0.6) is 0 Å². The first-order valence-corrected chi connectivity index (χ1v) is 12.2. The number of amides is 1. The maximum atomic E-state index is 12.7. The van der Waals surface area contributed by atoms with Crippen molar-refractivity contribution in [2.24, 2.45) is 0 Å². The van der Waals surface area contributed by atoms with Crippen LogP contribution in [-0.2, 0) is 22.6 Å². The molecule has 0 aromatic heterocycles. The number of ether oxygens (including phenoxy) is 2. The van der Waals surface area contributed by atoms with Crippen LogP contribution in [0.15, 0.2) is 60.7 Å². The summed E-state index contributed by atoms with van der Waals surface area (Å²) in [6, 6.07) is 20.2. The van der Waals surface area contributed by atoms with E-state index < -0.39 is 0 Å². The maximum Gasteiger partial charge on any atom is 0.251 e. The monoisotopic (exact) mass is 474 g/mol. The van der Waals surface area contributed by atoms with E-state index in [1.807, 2.05) is 0 Å². The quantitative estimate of drug-likeness (QED) is 0.344. The van der Waals surface area contributed by atoms with Gasteiger partial charge in [-0.3, -0.25) is 14.5 Å². The molecule has 0 radical (unpaired) electrons. The Morgan fingerprint density at radius 3 is 2.37 bits per heavy atom. The van der Waals surface area contributed by atoms with Crippen LogP contribution in [0.3, 0.4) is 0 Å². The molecule has 1 aliphatic rings. The Morgan fingerprint density at radius 1 is 0.914 bits per heavy atom. The van der Waals surface area contributed by atoms with Crippen molar-refractivity contribution in [2.45, 2.75) is 39.0 Å². The lowest BCUT2D eigenvalue weighted by molar-refractivity contribution is 0.0617. The number of Topliss-reactive ketones (excluding diaryl/α,β-unsaturated/α-hetero) is 1. The van der Waals surface area contributed by atoms with Crippen molar-refractivity contribution < 1.29 is 19.1 Å². The number of fused-ring (bicyclic) bond motifs is 1. The number of carbonyl (C=O) groups is 2. The summed E-state index contributed by atoms with van der Waals surface area (Å²) in [5.41, 5.74) is 3.56. The summed E-state index contributed by atoms with van der Waals surface area (Å²) in [5, 5.41) is 5.60. The first-order chi connectivity index (χ1) is 17.0. The number of nitrogens with zero attached hydrogens (tertiary/aromatic N) is 1. The van der Waals surface area contributed by atoms with Gasteiger partial charge in [-0.25, -0.2) is 0 Å². The minimum atomic E-state index is -0.108. The number of ketones is 1. The number of hydrogen-bond acceptors (Lipinski definition) is 5. The van der Waals surface area contributed by atoms with Gasteiger partial charge in [0, 0.05) is 43.9 Å². The van der Waals surface area contributed by atoms with Gasteiger partial charge in [-0.15, -0.1) is 0 Å². The molecule has 3 aromatic rings. The highest BCUT2D eigenvalue weighted by atomic mass is 16.5. The molecule has 0 bridgehead atoms. The highest BCUT2D eigenvalue weighted by Gasteiger charge is 2.21. The number of benzene rings is 3. The molecule has 0 atom stereocenters. The lowest BCUT2D eigenvalue weighted by atomic mass is 10.0. The fourth-order valence-electron chi connectivity index (χ4n) is 4.51. The Morgan fingerprint density at radius 2 is 1.63 bits per heavy atom. The van der Waals surface area contributed by atoms with Gasteiger partial charge in [0.1, 0.15) is 0 Å². The topological polar surface area (TPSA) is 67.9 Å². The average Bonchev–Trinajstić information content (AvgIpc) is 2.87. The first-order valence-electron chi connectivity index (χ1n) is 12.2. The fourth-order valence-corrected chi connectivity index (χ4v) is 4.51. The van der Waals surface area contributed by atoms with E-state index in [0.29, 0.717) is 30.9 Å². The molecule has 6 heteroatoms. The van der Waals surface area contributed by atoms with Crippen LogP contribution >= 0.6 is 0 Å². The fraction of sp³-hybridized carbons (Fsp3) is 0.379. The zero-order valence-electron chi connectivity index (χ0n) is 20.6. The molecule has 0 unspecified atom stereocenters. The third-order valence-electron chi connectivity index (χ3n) is 6.53. The Hall–Kier alpha value is -3.06. The molecule has 4 rings (SSSR count). The van der Waals surface area contributed by atoms with Gasteiger partial charge in [-0.05, 0) is 65.9 Å². The summed E-state index contributed by atoms with van der Waals surface area (Å²) < 4.78 is 10.7. The van der Waals surface area contributed by atoms with Crippen LogP contribution in [0.2, 0.25) is 0 Å². The van der Waals surface area contributed by atoms with Gasteiger partial charge in [0.25, 0.3) is 5.91 Å². The Bertz CT molecular complexity index is 1170. The van der Waals surface area contributed by atoms with Crippen molar-refractivity contribution in [3.63, 3.8) is 0 Å². The van der Waals surface area contributed by atoms with Crippen LogP contribution in [0, 0.1) is 0 Å². The minimum absolute atomic E-state index is 0.0340. The number of nitrogens with one attached hydrogen (secondary N) is 1. The van der Waals surface area contributed by atoms with Crippen molar-refractivity contribution in [3.05, 3.63) is 82.9 Å². The van der Waals surface area contributed by atoms with E-state index >= 15 is 0 Å². The van der Waals surface area contributed by atoms with Gasteiger partial charge < -0.3 is 14.8 Å². The third kappa shape index (κ3) is 6.98. The average molecular weight is 475 g/mol. The molecule has 6 nitrogen and oxygen atoms in total. The number of piperidine rings is 1. The molecule has 0 spiro atoms. The van der Waals surface area contributed by atoms with E-state index in [4.69, 9.17) is 9.47 Å². The molecular formula is C29H34N2O4. The summed E-state index contributed by atoms with van der Waals surface area (Å²) in [5.74, 6) is -0.142. The van der Waals surface area contributed by atoms with E-state index in [1.54, 1.807) is 31.4 Å². The standard InChI is InChI=1S/C29H34N2O4/c1-21(32)25-4-3-5-26(18-25)29(33)30-28-10-12-31(13-11-28)19-22-6-8-24-9-7-23(17-27(24)16-22)20-35-15-14-34-2/h3-9,16-18,28H,10-15,19-20H2,1-2H3,(H,30,33). The number of methoxy groups -OCH3 is 1. The van der Waals surface area contributed by atoms with Crippen molar-refractivity contribution in [1.82, 2.24) is 10.2 Å². The summed E-state index contributed by atoms with van der Waals surface area (Å²) in [7, 11) is 1.68. The molecule has 1 amide bonds. The number of likely N-dealkylation sites (tertiary alicyclic amines) is 1. The molecule has 1 fully saturated rings. The summed E-state index contributed by atoms with van der Waals surface area (Å²) in [4.78, 5) is 26.7.